The van der Waals surface area contributed by atoms with Crippen molar-refractivity contribution in [3.8, 4) is 11.4 Å². The summed E-state index contributed by atoms with van der Waals surface area (Å²) in [6, 6.07) is 17.8. The molecule has 1 aromatic carbocycles. The molecule has 3 aromatic heterocycles. The van der Waals surface area contributed by atoms with Crippen molar-refractivity contribution in [3.63, 3.8) is 0 Å². The van der Waals surface area contributed by atoms with E-state index in [1.165, 1.54) is 0 Å². The number of anilines is 3. The Labute approximate surface area is 179 Å². The summed E-state index contributed by atoms with van der Waals surface area (Å²) < 4.78 is 5.43. The number of ether oxygens (including phenoxy) is 1. The highest BCUT2D eigenvalue weighted by Crippen LogP contribution is 2.28. The fourth-order valence-corrected chi connectivity index (χ4v) is 3.84. The van der Waals surface area contributed by atoms with Crippen molar-refractivity contribution in [1.29, 1.82) is 0 Å². The smallest absolute Gasteiger partial charge is 0.259 e. The lowest BCUT2D eigenvalue weighted by molar-refractivity contribution is 0.122. The first kappa shape index (κ1) is 19.3. The predicted molar refractivity (Wildman–Crippen MR) is 123 cm³/mol. The second-order valence-corrected chi connectivity index (χ2v) is 7.56. The minimum absolute atomic E-state index is 0.179. The molecule has 7 nitrogen and oxygen atoms in total. The molecule has 1 saturated heterocycles. The van der Waals surface area contributed by atoms with Crippen LogP contribution in [0.4, 0.5) is 17.2 Å². The number of H-pyrrole nitrogens is 1. The average molecular weight is 413 g/mol. The third-order valence-electron chi connectivity index (χ3n) is 5.41. The molecule has 0 saturated carbocycles. The van der Waals surface area contributed by atoms with E-state index in [0.717, 1.165) is 54.5 Å². The topological polar surface area (TPSA) is 83.1 Å². The molecule has 0 radical (unpaired) electrons. The van der Waals surface area contributed by atoms with Crippen molar-refractivity contribution < 1.29 is 4.74 Å². The molecule has 4 aromatic rings. The van der Waals surface area contributed by atoms with Gasteiger partial charge in [-0.1, -0.05) is 6.07 Å². The van der Waals surface area contributed by atoms with Crippen molar-refractivity contribution in [2.45, 2.75) is 6.92 Å². The molecule has 1 aliphatic heterocycles. The number of fused-ring (bicyclic) bond motifs is 1. The Hall–Kier alpha value is -3.71. The van der Waals surface area contributed by atoms with Gasteiger partial charge < -0.3 is 19.9 Å². The van der Waals surface area contributed by atoms with Crippen molar-refractivity contribution in [2.75, 3.05) is 36.5 Å². The van der Waals surface area contributed by atoms with E-state index in [0.29, 0.717) is 16.9 Å². The van der Waals surface area contributed by atoms with Gasteiger partial charge in [-0.05, 0) is 60.8 Å². The van der Waals surface area contributed by atoms with Crippen molar-refractivity contribution in [1.82, 2.24) is 15.0 Å². The molecule has 0 atom stereocenters. The normalized spacial score (nSPS) is 14.0. The number of nitrogens with one attached hydrogen (secondary N) is 2. The van der Waals surface area contributed by atoms with Gasteiger partial charge in [-0.3, -0.25) is 9.78 Å². The lowest BCUT2D eigenvalue weighted by Crippen LogP contribution is -2.36. The quantitative estimate of drug-likeness (QED) is 0.528. The number of rotatable bonds is 4. The molecule has 0 bridgehead atoms. The summed E-state index contributed by atoms with van der Waals surface area (Å²) >= 11 is 0. The van der Waals surface area contributed by atoms with Crippen LogP contribution in [0.3, 0.4) is 0 Å². The first-order valence-electron chi connectivity index (χ1n) is 10.3. The summed E-state index contributed by atoms with van der Waals surface area (Å²) in [5, 5.41) is 4.67. The molecule has 1 aliphatic rings. The zero-order valence-corrected chi connectivity index (χ0v) is 17.3. The minimum atomic E-state index is -0.179. The molecular weight excluding hydrogens is 390 g/mol. The second kappa shape index (κ2) is 8.20. The van der Waals surface area contributed by atoms with Crippen molar-refractivity contribution in [3.05, 3.63) is 76.8 Å². The Balaban J connectivity index is 1.53. The van der Waals surface area contributed by atoms with Crippen LogP contribution < -0.4 is 15.8 Å². The number of benzene rings is 1. The number of hydrogen-bond donors (Lipinski definition) is 2. The molecule has 0 aliphatic carbocycles. The van der Waals surface area contributed by atoms with Crippen LogP contribution in [0.1, 0.15) is 5.69 Å². The highest BCUT2D eigenvalue weighted by Gasteiger charge is 2.14. The van der Waals surface area contributed by atoms with Gasteiger partial charge in [-0.2, -0.15) is 0 Å². The zero-order valence-electron chi connectivity index (χ0n) is 17.3. The maximum absolute atomic E-state index is 12.6. The van der Waals surface area contributed by atoms with E-state index >= 15 is 0 Å². The van der Waals surface area contributed by atoms with Crippen LogP contribution in [0.5, 0.6) is 0 Å². The number of hydrogen-bond acceptors (Lipinski definition) is 6. The molecular formula is C24H23N5O2. The number of nitrogens with zero attached hydrogens (tertiary/aromatic N) is 3. The van der Waals surface area contributed by atoms with Gasteiger partial charge in [-0.15, -0.1) is 0 Å². The molecule has 5 rings (SSSR count). The van der Waals surface area contributed by atoms with Gasteiger partial charge in [0.1, 0.15) is 5.82 Å². The third-order valence-corrected chi connectivity index (χ3v) is 5.41. The highest BCUT2D eigenvalue weighted by atomic mass is 16.5. The highest BCUT2D eigenvalue weighted by molar-refractivity contribution is 5.95. The van der Waals surface area contributed by atoms with Crippen LogP contribution in [0, 0.1) is 6.92 Å². The van der Waals surface area contributed by atoms with E-state index in [4.69, 9.17) is 9.72 Å². The summed E-state index contributed by atoms with van der Waals surface area (Å²) in [5.74, 6) is 0.511. The standard InChI is InChI=1S/C24H23N5O2/c1-16-3-2-4-20(26-16)21-15-17-9-10-25-24(30)22(17)23(28-21)27-18-5-7-19(8-6-18)29-11-13-31-14-12-29/h2-10,15H,11-14H2,1H3,(H,25,30)(H,27,28). The third kappa shape index (κ3) is 4.00. The summed E-state index contributed by atoms with van der Waals surface area (Å²) in [7, 11) is 0. The van der Waals surface area contributed by atoms with E-state index < -0.39 is 0 Å². The minimum Gasteiger partial charge on any atom is -0.378 e. The molecule has 7 heteroatoms. The fraction of sp³-hybridized carbons (Fsp3) is 0.208. The molecule has 156 valence electrons. The van der Waals surface area contributed by atoms with Crippen LogP contribution in [-0.4, -0.2) is 41.3 Å². The van der Waals surface area contributed by atoms with Crippen LogP contribution in [0.25, 0.3) is 22.2 Å². The molecule has 4 heterocycles. The van der Waals surface area contributed by atoms with Gasteiger partial charge in [0.25, 0.3) is 5.56 Å². The van der Waals surface area contributed by atoms with E-state index in [-0.39, 0.29) is 5.56 Å². The largest absolute Gasteiger partial charge is 0.378 e. The number of morpholine rings is 1. The summed E-state index contributed by atoms with van der Waals surface area (Å²) in [5.41, 5.74) is 4.24. The summed E-state index contributed by atoms with van der Waals surface area (Å²) in [6.45, 7) is 5.22. The van der Waals surface area contributed by atoms with Gasteiger partial charge in [-0.25, -0.2) is 4.98 Å². The maximum atomic E-state index is 12.6. The first-order valence-corrected chi connectivity index (χ1v) is 10.3. The fourth-order valence-electron chi connectivity index (χ4n) is 3.84. The number of pyridine rings is 3. The lowest BCUT2D eigenvalue weighted by Gasteiger charge is -2.28. The monoisotopic (exact) mass is 413 g/mol. The number of aromatic amines is 1. The Bertz CT molecular complexity index is 1280. The molecule has 0 spiro atoms. The van der Waals surface area contributed by atoms with E-state index in [9.17, 15) is 4.79 Å². The van der Waals surface area contributed by atoms with E-state index in [2.05, 4.69) is 32.3 Å². The van der Waals surface area contributed by atoms with Crippen LogP contribution in [-0.2, 0) is 4.74 Å². The lowest BCUT2D eigenvalue weighted by atomic mass is 10.1. The van der Waals surface area contributed by atoms with Crippen LogP contribution >= 0.6 is 0 Å². The molecule has 31 heavy (non-hydrogen) atoms. The molecule has 2 N–H and O–H groups in total. The van der Waals surface area contributed by atoms with Crippen LogP contribution in [0.15, 0.2) is 65.6 Å². The Kier molecular flexibility index (Phi) is 5.09. The van der Waals surface area contributed by atoms with Gasteiger partial charge in [0.15, 0.2) is 0 Å². The first-order chi connectivity index (χ1) is 15.2. The van der Waals surface area contributed by atoms with E-state index in [1.54, 1.807) is 6.20 Å². The predicted octanol–water partition coefficient (Wildman–Crippen LogP) is 3.87. The average Bonchev–Trinajstić information content (AvgIpc) is 2.80. The second-order valence-electron chi connectivity index (χ2n) is 7.56. The Morgan fingerprint density at radius 3 is 2.58 bits per heavy atom. The SMILES string of the molecule is Cc1cccc(-c2cc3cc[nH]c(=O)c3c(Nc3ccc(N4CCOCC4)cc3)n2)n1. The Morgan fingerprint density at radius 2 is 1.81 bits per heavy atom. The van der Waals surface area contributed by atoms with Crippen LogP contribution in [0.2, 0.25) is 0 Å². The number of aryl methyl sites for hydroxylation is 1. The summed E-state index contributed by atoms with van der Waals surface area (Å²) in [4.78, 5) is 27.0. The van der Waals surface area contributed by atoms with Gasteiger partial charge in [0, 0.05) is 36.4 Å². The van der Waals surface area contributed by atoms with Gasteiger partial charge >= 0.3 is 0 Å². The number of aromatic nitrogens is 3. The van der Waals surface area contributed by atoms with Crippen molar-refractivity contribution in [2.24, 2.45) is 0 Å². The molecule has 1 fully saturated rings. The molecule has 0 amide bonds. The van der Waals surface area contributed by atoms with Gasteiger partial charge in [0.2, 0.25) is 0 Å². The zero-order chi connectivity index (χ0) is 21.2. The maximum Gasteiger partial charge on any atom is 0.259 e. The van der Waals surface area contributed by atoms with Gasteiger partial charge in [0.05, 0.1) is 30.0 Å². The Morgan fingerprint density at radius 1 is 1.00 bits per heavy atom. The molecule has 0 unspecified atom stereocenters. The summed E-state index contributed by atoms with van der Waals surface area (Å²) in [6.07, 6.45) is 1.65. The van der Waals surface area contributed by atoms with E-state index in [1.807, 2.05) is 49.4 Å². The van der Waals surface area contributed by atoms with Crippen molar-refractivity contribution >= 4 is 28.0 Å².